The van der Waals surface area contributed by atoms with Gasteiger partial charge in [-0.3, -0.25) is 9.59 Å². The highest BCUT2D eigenvalue weighted by Gasteiger charge is 2.22. The van der Waals surface area contributed by atoms with E-state index in [4.69, 9.17) is 18.9 Å². The number of carboxylic acid groups (broad SMARTS) is 1. The number of hydrogen-bond acceptors (Lipinski definition) is 8. The van der Waals surface area contributed by atoms with Crippen LogP contribution in [0.2, 0.25) is 0 Å². The number of carboxylic acids is 1. The molecule has 0 aliphatic rings. The lowest BCUT2D eigenvalue weighted by molar-refractivity contribution is -0.870. The number of likely N-dealkylation sites (N-methyl/N-ethyl adjacent to an activating group) is 1. The summed E-state index contributed by atoms with van der Waals surface area (Å²) >= 11 is 0. The molecular weight excluding hydrogens is 1130 g/mol. The summed E-state index contributed by atoms with van der Waals surface area (Å²) in [6.45, 7) is 4.69. The number of carbonyl (C=O) groups is 3. The predicted molar refractivity (Wildman–Crippen MR) is 389 cm³/mol. The Morgan fingerprint density at radius 1 is 0.341 bits per heavy atom. The topological polar surface area (TPSA) is 111 Å². The van der Waals surface area contributed by atoms with Crippen LogP contribution in [0.5, 0.6) is 0 Å². The van der Waals surface area contributed by atoms with Crippen molar-refractivity contribution in [3.63, 3.8) is 0 Å². The molecule has 530 valence electrons. The number of aliphatic carboxylic acids is 1. The molecule has 0 spiro atoms. The van der Waals surface area contributed by atoms with Crippen molar-refractivity contribution >= 4 is 17.9 Å². The third kappa shape index (κ3) is 74.0. The lowest BCUT2D eigenvalue weighted by Gasteiger charge is -2.26. The van der Waals surface area contributed by atoms with Crippen molar-refractivity contribution in [1.29, 1.82) is 0 Å². The van der Waals surface area contributed by atoms with Crippen molar-refractivity contribution in [2.75, 3.05) is 47.5 Å². The van der Waals surface area contributed by atoms with E-state index in [1.54, 1.807) is 0 Å². The molecule has 0 rings (SSSR count). The van der Waals surface area contributed by atoms with Gasteiger partial charge in [-0.25, -0.2) is 0 Å². The van der Waals surface area contributed by atoms with Crippen LogP contribution in [0.4, 0.5) is 0 Å². The molecule has 0 bridgehead atoms. The maximum Gasteiger partial charge on any atom is 0.306 e. The van der Waals surface area contributed by atoms with Gasteiger partial charge < -0.3 is 33.3 Å². The number of quaternary nitrogens is 1. The minimum atomic E-state index is -1.62. The average molecular weight is 1280 g/mol. The van der Waals surface area contributed by atoms with Gasteiger partial charge in [0.2, 0.25) is 0 Å². The average Bonchev–Trinajstić information content (AvgIpc) is 3.46. The number of allylic oxidation sites excluding steroid dienone is 12. The lowest BCUT2D eigenvalue weighted by atomic mass is 10.0. The molecular formula is C82H149NO8. The summed E-state index contributed by atoms with van der Waals surface area (Å²) in [4.78, 5) is 37.6. The summed E-state index contributed by atoms with van der Waals surface area (Å²) in [6.07, 6.45) is 94.5. The molecule has 2 atom stereocenters. The summed E-state index contributed by atoms with van der Waals surface area (Å²) in [6, 6.07) is 0. The minimum absolute atomic E-state index is 0.149. The van der Waals surface area contributed by atoms with Crippen LogP contribution in [0, 0.1) is 0 Å². The molecule has 0 aliphatic carbocycles. The highest BCUT2D eigenvalue weighted by molar-refractivity contribution is 5.70. The fourth-order valence-corrected chi connectivity index (χ4v) is 11.5. The fourth-order valence-electron chi connectivity index (χ4n) is 11.5. The van der Waals surface area contributed by atoms with Crippen LogP contribution >= 0.6 is 0 Å². The van der Waals surface area contributed by atoms with E-state index in [1.165, 1.54) is 276 Å². The van der Waals surface area contributed by atoms with Crippen LogP contribution in [0.1, 0.15) is 373 Å². The van der Waals surface area contributed by atoms with E-state index in [0.717, 1.165) is 64.2 Å². The Balaban J connectivity index is 4.00. The molecule has 0 saturated carbocycles. The Morgan fingerprint density at radius 2 is 0.626 bits per heavy atom. The Kier molecular flexibility index (Phi) is 69.9. The summed E-state index contributed by atoms with van der Waals surface area (Å²) < 4.78 is 22.9. The molecule has 0 N–H and O–H groups in total. The van der Waals surface area contributed by atoms with Gasteiger partial charge in [0.05, 0.1) is 40.3 Å². The molecule has 0 fully saturated rings. The summed E-state index contributed by atoms with van der Waals surface area (Å²) in [5.74, 6) is -2.26. The largest absolute Gasteiger partial charge is 0.545 e. The normalized spacial score (nSPS) is 13.0. The molecule has 0 aromatic carbocycles. The molecule has 0 saturated heterocycles. The molecule has 9 heteroatoms. The first-order valence-electron chi connectivity index (χ1n) is 39.1. The zero-order chi connectivity index (χ0) is 66.1. The molecule has 0 aromatic heterocycles. The van der Waals surface area contributed by atoms with Gasteiger partial charge in [-0.2, -0.15) is 0 Å². The molecule has 9 nitrogen and oxygen atoms in total. The number of carbonyl (C=O) groups excluding carboxylic acids is 3. The summed E-state index contributed by atoms with van der Waals surface area (Å²) in [7, 11) is 5.95. The lowest BCUT2D eigenvalue weighted by Crippen LogP contribution is -2.44. The van der Waals surface area contributed by atoms with E-state index in [9.17, 15) is 19.5 Å². The molecule has 91 heavy (non-hydrogen) atoms. The first-order chi connectivity index (χ1) is 44.6. The van der Waals surface area contributed by atoms with Crippen LogP contribution in [0.25, 0.3) is 0 Å². The van der Waals surface area contributed by atoms with Crippen molar-refractivity contribution in [2.24, 2.45) is 0 Å². The van der Waals surface area contributed by atoms with Gasteiger partial charge in [0, 0.05) is 12.8 Å². The number of unbranched alkanes of at least 4 members (excludes halogenated alkanes) is 46. The Bertz CT molecular complexity index is 1730. The van der Waals surface area contributed by atoms with Gasteiger partial charge >= 0.3 is 11.9 Å². The Morgan fingerprint density at radius 3 is 0.934 bits per heavy atom. The minimum Gasteiger partial charge on any atom is -0.545 e. The zero-order valence-corrected chi connectivity index (χ0v) is 60.7. The van der Waals surface area contributed by atoms with Gasteiger partial charge in [0.25, 0.3) is 0 Å². The van der Waals surface area contributed by atoms with Crippen molar-refractivity contribution in [1.82, 2.24) is 0 Å². The van der Waals surface area contributed by atoms with E-state index >= 15 is 0 Å². The Hall–Kier alpha value is -3.27. The van der Waals surface area contributed by atoms with Gasteiger partial charge in [0.1, 0.15) is 13.2 Å². The zero-order valence-electron chi connectivity index (χ0n) is 60.7. The van der Waals surface area contributed by atoms with Gasteiger partial charge in [-0.05, 0) is 83.5 Å². The second kappa shape index (κ2) is 72.6. The van der Waals surface area contributed by atoms with E-state index in [-0.39, 0.29) is 32.2 Å². The second-order valence-corrected chi connectivity index (χ2v) is 27.6. The molecule has 0 aromatic rings. The highest BCUT2D eigenvalue weighted by Crippen LogP contribution is 2.19. The van der Waals surface area contributed by atoms with E-state index in [2.05, 4.69) is 86.8 Å². The number of esters is 2. The standard InChI is InChI=1S/C82H149NO8/c1-6-8-10-12-14-16-18-20-22-24-26-28-30-32-34-36-38-40-42-44-46-48-50-52-54-56-58-60-62-64-66-68-70-72-79(84)89-76-78(77-90-82(81(86)87)88-75-74-83(3,4)5)91-80(85)73-71-69-67-65-63-61-59-57-55-53-51-49-47-45-43-41-39-37-35-33-31-29-27-25-23-21-19-17-15-13-11-9-7-2/h9,11,15,17-18,20-21,23-24,26-27,29,78,82H,6-8,10,12-14,16,19,22,25,28,30-77H2,1-5H3/b11-9-,17-15-,20-18-,23-21-,26-24-,29-27-. The number of rotatable bonds is 73. The van der Waals surface area contributed by atoms with Gasteiger partial charge in [0.15, 0.2) is 12.4 Å². The monoisotopic (exact) mass is 1280 g/mol. The maximum absolute atomic E-state index is 13.0. The van der Waals surface area contributed by atoms with Crippen LogP contribution in [0.15, 0.2) is 72.9 Å². The molecule has 0 aliphatic heterocycles. The van der Waals surface area contributed by atoms with Crippen LogP contribution in [-0.2, 0) is 33.3 Å². The molecule has 2 unspecified atom stereocenters. The third-order valence-electron chi connectivity index (χ3n) is 17.4. The first kappa shape index (κ1) is 87.7. The van der Waals surface area contributed by atoms with Gasteiger partial charge in [-0.1, -0.05) is 350 Å². The van der Waals surface area contributed by atoms with Crippen LogP contribution in [0.3, 0.4) is 0 Å². The summed E-state index contributed by atoms with van der Waals surface area (Å²) in [5, 5.41) is 11.9. The molecule has 0 amide bonds. The number of nitrogens with zero attached hydrogens (tertiary/aromatic N) is 1. The van der Waals surface area contributed by atoms with E-state index in [0.29, 0.717) is 23.9 Å². The van der Waals surface area contributed by atoms with Crippen LogP contribution in [-0.4, -0.2) is 82.3 Å². The number of ether oxygens (including phenoxy) is 4. The molecule has 0 heterocycles. The van der Waals surface area contributed by atoms with Crippen molar-refractivity contribution in [2.45, 2.75) is 386 Å². The Labute approximate surface area is 564 Å². The second-order valence-electron chi connectivity index (χ2n) is 27.6. The predicted octanol–water partition coefficient (Wildman–Crippen LogP) is 23.5. The van der Waals surface area contributed by atoms with Crippen LogP contribution < -0.4 is 5.11 Å². The first-order valence-corrected chi connectivity index (χ1v) is 39.1. The van der Waals surface area contributed by atoms with Gasteiger partial charge in [-0.15, -0.1) is 0 Å². The van der Waals surface area contributed by atoms with E-state index < -0.39 is 24.3 Å². The maximum atomic E-state index is 13.0. The smallest absolute Gasteiger partial charge is 0.306 e. The van der Waals surface area contributed by atoms with Crippen molar-refractivity contribution in [3.8, 4) is 0 Å². The highest BCUT2D eigenvalue weighted by atomic mass is 16.7. The number of hydrogen-bond donors (Lipinski definition) is 0. The van der Waals surface area contributed by atoms with Crippen molar-refractivity contribution in [3.05, 3.63) is 72.9 Å². The van der Waals surface area contributed by atoms with E-state index in [1.807, 2.05) is 21.1 Å². The third-order valence-corrected chi connectivity index (χ3v) is 17.4. The quantitative estimate of drug-likeness (QED) is 0.0195. The SMILES string of the molecule is CC/C=C\C/C=C\C/C=C\C/C=C\CCCCCCCCCCCCCCCCCCCCCCC(=O)OC(COC(=O)CCCCCCCCCCCCCCCCCCCCCCC/C=C\C/C=C\CCCCCCC)COC(OCC[N+](C)(C)C)C(=O)[O-]. The van der Waals surface area contributed by atoms with Crippen molar-refractivity contribution < 1.29 is 42.9 Å². The fraction of sp³-hybridized carbons (Fsp3) is 0.817. The summed E-state index contributed by atoms with van der Waals surface area (Å²) in [5.41, 5.74) is 0. The molecule has 0 radical (unpaired) electrons.